The summed E-state index contributed by atoms with van der Waals surface area (Å²) < 4.78 is 13.5. The number of nitrogens with zero attached hydrogens (tertiary/aromatic N) is 6. The van der Waals surface area contributed by atoms with Crippen LogP contribution in [0.15, 0.2) is 33.7 Å². The third-order valence-corrected chi connectivity index (χ3v) is 7.99. The van der Waals surface area contributed by atoms with Gasteiger partial charge in [-0.1, -0.05) is 31.4 Å². The maximum atomic E-state index is 11.7. The predicted molar refractivity (Wildman–Crippen MR) is 145 cm³/mol. The van der Waals surface area contributed by atoms with Gasteiger partial charge in [0, 0.05) is 31.0 Å². The number of imidazole rings is 1. The zero-order chi connectivity index (χ0) is 26.4. The quantitative estimate of drug-likeness (QED) is 0.381. The zero-order valence-electron chi connectivity index (χ0n) is 21.9. The molecule has 200 valence electrons. The molecule has 0 spiro atoms. The third kappa shape index (κ3) is 4.82. The Morgan fingerprint density at radius 1 is 1.11 bits per heavy atom. The van der Waals surface area contributed by atoms with E-state index in [1.807, 2.05) is 12.1 Å². The third-order valence-electron chi connectivity index (χ3n) is 7.78. The largest absolute Gasteiger partial charge is 0.434 e. The number of rotatable bonds is 5. The SMILES string of the molecule is CC1CCC(Cn2c(N3CC(C)OCC3C)nc3cc(-c4n[nH]c(=O)o4)nc(-c4cncc(Cl)c4)c32)CC1. The highest BCUT2D eigenvalue weighted by molar-refractivity contribution is 6.30. The van der Waals surface area contributed by atoms with Crippen molar-refractivity contribution < 1.29 is 9.15 Å². The normalized spacial score (nSPS) is 24.3. The van der Waals surface area contributed by atoms with Gasteiger partial charge in [0.15, 0.2) is 0 Å². The van der Waals surface area contributed by atoms with Gasteiger partial charge in [-0.25, -0.2) is 19.9 Å². The summed E-state index contributed by atoms with van der Waals surface area (Å²) in [7, 11) is 0. The fraction of sp³-hybridized carbons (Fsp3) is 0.519. The van der Waals surface area contributed by atoms with E-state index in [-0.39, 0.29) is 18.0 Å². The lowest BCUT2D eigenvalue weighted by Crippen LogP contribution is -2.48. The summed E-state index contributed by atoms with van der Waals surface area (Å²) in [5.74, 6) is 1.69. The Bertz CT molecular complexity index is 1500. The van der Waals surface area contributed by atoms with Crippen molar-refractivity contribution in [3.63, 3.8) is 0 Å². The Morgan fingerprint density at radius 2 is 1.92 bits per heavy atom. The highest BCUT2D eigenvalue weighted by Crippen LogP contribution is 2.38. The Labute approximate surface area is 225 Å². The van der Waals surface area contributed by atoms with Gasteiger partial charge in [0.1, 0.15) is 5.69 Å². The second kappa shape index (κ2) is 10.1. The number of pyridine rings is 2. The van der Waals surface area contributed by atoms with Crippen LogP contribution in [-0.4, -0.2) is 55.0 Å². The Kier molecular flexibility index (Phi) is 6.69. The molecule has 2 aliphatic rings. The molecular weight excluding hydrogens is 506 g/mol. The van der Waals surface area contributed by atoms with E-state index in [0.29, 0.717) is 28.9 Å². The minimum Gasteiger partial charge on any atom is -0.386 e. The molecule has 1 saturated heterocycles. The van der Waals surface area contributed by atoms with Crippen molar-refractivity contribution in [2.24, 2.45) is 11.8 Å². The van der Waals surface area contributed by atoms with Gasteiger partial charge in [0.25, 0.3) is 5.89 Å². The van der Waals surface area contributed by atoms with E-state index in [1.165, 1.54) is 25.7 Å². The first kappa shape index (κ1) is 25.1. The minimum atomic E-state index is -0.637. The molecule has 0 bridgehead atoms. The molecule has 4 aromatic heterocycles. The summed E-state index contributed by atoms with van der Waals surface area (Å²) in [6, 6.07) is 3.86. The number of morpholine rings is 1. The number of hydrogen-bond donors (Lipinski definition) is 1. The lowest BCUT2D eigenvalue weighted by molar-refractivity contribution is 0.0333. The second-order valence-electron chi connectivity index (χ2n) is 10.8. The van der Waals surface area contributed by atoms with Crippen LogP contribution in [0.5, 0.6) is 0 Å². The molecule has 1 N–H and O–H groups in total. The van der Waals surface area contributed by atoms with Crippen molar-refractivity contribution in [3.05, 3.63) is 40.1 Å². The second-order valence-corrected chi connectivity index (χ2v) is 11.3. The number of halogens is 1. The van der Waals surface area contributed by atoms with E-state index >= 15 is 0 Å². The smallest absolute Gasteiger partial charge is 0.386 e. The van der Waals surface area contributed by atoms with Gasteiger partial charge in [-0.05, 0) is 50.7 Å². The Morgan fingerprint density at radius 3 is 2.66 bits per heavy atom. The predicted octanol–water partition coefficient (Wildman–Crippen LogP) is 4.93. The standard InChI is InChI=1S/C27H32ClN7O3/c1-15-4-6-18(7-5-15)13-35-24-21(31-26(35)34-12-17(3)37-14-16(34)2)9-22(25-32-33-27(36)38-25)30-23(24)19-8-20(28)11-29-10-19/h8-11,15-18H,4-7,12-14H2,1-3H3,(H,33,36). The molecular formula is C27H32ClN7O3. The summed E-state index contributed by atoms with van der Waals surface area (Å²) in [5.41, 5.74) is 3.51. The molecule has 1 aliphatic heterocycles. The van der Waals surface area contributed by atoms with E-state index < -0.39 is 5.76 Å². The van der Waals surface area contributed by atoms with E-state index in [4.69, 9.17) is 30.7 Å². The average molecular weight is 538 g/mol. The molecule has 10 nitrogen and oxygen atoms in total. The Balaban J connectivity index is 1.58. The van der Waals surface area contributed by atoms with E-state index in [1.54, 1.807) is 12.4 Å². The van der Waals surface area contributed by atoms with Gasteiger partial charge in [-0.3, -0.25) is 4.98 Å². The van der Waals surface area contributed by atoms with Gasteiger partial charge in [0.05, 0.1) is 40.5 Å². The number of anilines is 1. The average Bonchev–Trinajstić information content (AvgIpc) is 3.50. The molecule has 38 heavy (non-hydrogen) atoms. The summed E-state index contributed by atoms with van der Waals surface area (Å²) >= 11 is 6.37. The summed E-state index contributed by atoms with van der Waals surface area (Å²) in [4.78, 5) is 28.5. The Hall–Kier alpha value is -3.24. The number of aromatic nitrogens is 6. The molecule has 0 aromatic carbocycles. The topological polar surface area (TPSA) is 115 Å². The number of aromatic amines is 1. The maximum absolute atomic E-state index is 11.7. The van der Waals surface area contributed by atoms with Crippen LogP contribution >= 0.6 is 11.6 Å². The highest BCUT2D eigenvalue weighted by Gasteiger charge is 2.31. The fourth-order valence-corrected chi connectivity index (χ4v) is 5.85. The molecule has 4 aromatic rings. The summed E-state index contributed by atoms with van der Waals surface area (Å²) in [6.07, 6.45) is 8.30. The van der Waals surface area contributed by atoms with Gasteiger partial charge in [0.2, 0.25) is 5.95 Å². The maximum Gasteiger partial charge on any atom is 0.434 e. The van der Waals surface area contributed by atoms with Gasteiger partial charge in [-0.2, -0.15) is 0 Å². The molecule has 6 rings (SSSR count). The molecule has 2 atom stereocenters. The van der Waals surface area contributed by atoms with Crippen LogP contribution in [0.1, 0.15) is 46.5 Å². The molecule has 2 unspecified atom stereocenters. The first-order valence-electron chi connectivity index (χ1n) is 13.3. The van der Waals surface area contributed by atoms with Crippen molar-refractivity contribution in [2.45, 2.75) is 65.1 Å². The summed E-state index contributed by atoms with van der Waals surface area (Å²) in [6.45, 7) is 8.83. The van der Waals surface area contributed by atoms with E-state index in [9.17, 15) is 4.79 Å². The molecule has 11 heteroatoms. The molecule has 1 aliphatic carbocycles. The molecule has 0 amide bonds. The number of ether oxygens (including phenoxy) is 1. The van der Waals surface area contributed by atoms with Crippen LogP contribution in [-0.2, 0) is 11.3 Å². The minimum absolute atomic E-state index is 0.0959. The molecule has 0 radical (unpaired) electrons. The van der Waals surface area contributed by atoms with Crippen LogP contribution in [0.25, 0.3) is 33.9 Å². The van der Waals surface area contributed by atoms with Crippen LogP contribution in [0.4, 0.5) is 5.95 Å². The van der Waals surface area contributed by atoms with Crippen molar-refractivity contribution in [1.29, 1.82) is 0 Å². The first-order valence-corrected chi connectivity index (χ1v) is 13.7. The summed E-state index contributed by atoms with van der Waals surface area (Å²) in [5, 5.41) is 6.86. The van der Waals surface area contributed by atoms with Crippen LogP contribution < -0.4 is 10.7 Å². The van der Waals surface area contributed by atoms with Gasteiger partial charge < -0.3 is 18.6 Å². The monoisotopic (exact) mass is 537 g/mol. The van der Waals surface area contributed by atoms with E-state index in [2.05, 4.69) is 45.4 Å². The van der Waals surface area contributed by atoms with Crippen LogP contribution in [0.3, 0.4) is 0 Å². The molecule has 2 fully saturated rings. The number of H-pyrrole nitrogens is 1. The van der Waals surface area contributed by atoms with E-state index in [0.717, 1.165) is 41.6 Å². The fourth-order valence-electron chi connectivity index (χ4n) is 5.68. The van der Waals surface area contributed by atoms with Crippen LogP contribution in [0, 0.1) is 11.8 Å². The molecule has 5 heterocycles. The van der Waals surface area contributed by atoms with Crippen molar-refractivity contribution in [3.8, 4) is 22.8 Å². The zero-order valence-corrected chi connectivity index (χ0v) is 22.6. The van der Waals surface area contributed by atoms with Crippen molar-refractivity contribution in [1.82, 2.24) is 29.7 Å². The number of fused-ring (bicyclic) bond motifs is 1. The van der Waals surface area contributed by atoms with Gasteiger partial charge >= 0.3 is 5.76 Å². The molecule has 1 saturated carbocycles. The lowest BCUT2D eigenvalue weighted by Gasteiger charge is -2.38. The van der Waals surface area contributed by atoms with Gasteiger partial charge in [-0.15, -0.1) is 5.10 Å². The van der Waals surface area contributed by atoms with Crippen molar-refractivity contribution in [2.75, 3.05) is 18.1 Å². The lowest BCUT2D eigenvalue weighted by atomic mass is 9.83. The van der Waals surface area contributed by atoms with Crippen molar-refractivity contribution >= 4 is 28.6 Å². The first-order chi connectivity index (χ1) is 18.4. The number of hydrogen-bond acceptors (Lipinski definition) is 8. The van der Waals surface area contributed by atoms with Crippen LogP contribution in [0.2, 0.25) is 5.02 Å². The highest BCUT2D eigenvalue weighted by atomic mass is 35.5. The number of nitrogens with one attached hydrogen (secondary N) is 1.